The second kappa shape index (κ2) is 8.39. The maximum atomic E-state index is 13.1. The Hall–Kier alpha value is -2.46. The molecule has 3 heterocycles. The Labute approximate surface area is 202 Å². The van der Waals surface area contributed by atoms with Gasteiger partial charge in [0.25, 0.3) is 0 Å². The molecule has 2 aliphatic rings. The number of benzene rings is 2. The molecule has 1 fully saturated rings. The number of nitrogens with zero attached hydrogens (tertiary/aromatic N) is 3. The van der Waals surface area contributed by atoms with E-state index in [1.807, 2.05) is 41.3 Å². The first-order chi connectivity index (χ1) is 15.8. The Bertz CT molecular complexity index is 1310. The molecular weight excluding hydrogens is 480 g/mol. The Morgan fingerprint density at radius 2 is 2.00 bits per heavy atom. The van der Waals surface area contributed by atoms with Crippen molar-refractivity contribution in [1.82, 2.24) is 14.6 Å². The van der Waals surface area contributed by atoms with Crippen LogP contribution in [0.15, 0.2) is 59.6 Å². The van der Waals surface area contributed by atoms with Crippen LogP contribution in [0, 0.1) is 0 Å². The number of anilines is 2. The van der Waals surface area contributed by atoms with Crippen LogP contribution in [0.5, 0.6) is 0 Å². The van der Waals surface area contributed by atoms with Crippen LogP contribution < -0.4 is 9.62 Å². The minimum atomic E-state index is -3.72. The molecular formula is C23H23ClN4O3S2. The van der Waals surface area contributed by atoms with Crippen LogP contribution >= 0.6 is 22.9 Å². The largest absolute Gasteiger partial charge is 0.342 e. The highest BCUT2D eigenvalue weighted by Crippen LogP contribution is 2.50. The zero-order valence-electron chi connectivity index (χ0n) is 18.0. The number of hydrogen-bond donors (Lipinski definition) is 1. The minimum absolute atomic E-state index is 0.0254. The van der Waals surface area contributed by atoms with Gasteiger partial charge in [-0.05, 0) is 35.7 Å². The average molecular weight is 503 g/mol. The Kier molecular flexibility index (Phi) is 5.68. The summed E-state index contributed by atoms with van der Waals surface area (Å²) in [5.41, 5.74) is 2.37. The number of amides is 1. The van der Waals surface area contributed by atoms with Gasteiger partial charge in [-0.2, -0.15) is 0 Å². The maximum absolute atomic E-state index is 13.1. The second-order valence-corrected chi connectivity index (χ2v) is 11.9. The van der Waals surface area contributed by atoms with Crippen molar-refractivity contribution < 1.29 is 13.2 Å². The SMILES string of the molecule is CC(=O)N1CCC2(C1)CN(c1ncc(Cl)s1)c1ccc(S(=O)(=O)NCc3ccccc3)cc12. The van der Waals surface area contributed by atoms with E-state index < -0.39 is 10.0 Å². The summed E-state index contributed by atoms with van der Waals surface area (Å²) in [5, 5.41) is 0.761. The molecule has 172 valence electrons. The van der Waals surface area contributed by atoms with Gasteiger partial charge in [-0.1, -0.05) is 53.3 Å². The molecule has 1 saturated heterocycles. The van der Waals surface area contributed by atoms with E-state index in [1.54, 1.807) is 25.3 Å². The monoisotopic (exact) mass is 502 g/mol. The summed E-state index contributed by atoms with van der Waals surface area (Å²) in [4.78, 5) is 20.7. The highest BCUT2D eigenvalue weighted by Gasteiger charge is 2.49. The van der Waals surface area contributed by atoms with E-state index >= 15 is 0 Å². The molecule has 1 N–H and O–H groups in total. The van der Waals surface area contributed by atoms with Crippen molar-refractivity contribution in [1.29, 1.82) is 0 Å². The predicted molar refractivity (Wildman–Crippen MR) is 130 cm³/mol. The summed E-state index contributed by atoms with van der Waals surface area (Å²) in [6, 6.07) is 14.6. The van der Waals surface area contributed by atoms with Crippen molar-refractivity contribution in [2.24, 2.45) is 0 Å². The van der Waals surface area contributed by atoms with Gasteiger partial charge in [0, 0.05) is 44.2 Å². The number of halogens is 1. The summed E-state index contributed by atoms with van der Waals surface area (Å²) in [7, 11) is -3.72. The lowest BCUT2D eigenvalue weighted by Crippen LogP contribution is -2.36. The number of rotatable bonds is 5. The Balaban J connectivity index is 1.51. The molecule has 1 atom stereocenters. The van der Waals surface area contributed by atoms with Crippen molar-refractivity contribution >= 4 is 49.7 Å². The summed E-state index contributed by atoms with van der Waals surface area (Å²) in [6.07, 6.45) is 2.38. The fourth-order valence-corrected chi connectivity index (χ4v) is 6.66. The van der Waals surface area contributed by atoms with Gasteiger partial charge in [-0.15, -0.1) is 0 Å². The van der Waals surface area contributed by atoms with Gasteiger partial charge in [0.1, 0.15) is 4.34 Å². The third-order valence-corrected chi connectivity index (χ3v) is 8.94. The standard InChI is InChI=1S/C23H23ClN4O3S2/c1-16(29)27-10-9-23(14-27)15-28(22-25-13-21(24)32-22)20-8-7-18(11-19(20)23)33(30,31)26-12-17-5-3-2-4-6-17/h2-8,11,13,26H,9-10,12,14-15H2,1H3. The van der Waals surface area contributed by atoms with Crippen molar-refractivity contribution in [2.75, 3.05) is 24.5 Å². The summed E-state index contributed by atoms with van der Waals surface area (Å²) >= 11 is 7.52. The van der Waals surface area contributed by atoms with E-state index in [4.69, 9.17) is 11.6 Å². The van der Waals surface area contributed by atoms with Crippen LogP contribution in [0.2, 0.25) is 4.34 Å². The molecule has 1 unspecified atom stereocenters. The normalized spacial score (nSPS) is 19.9. The lowest BCUT2D eigenvalue weighted by Gasteiger charge is -2.25. The minimum Gasteiger partial charge on any atom is -0.342 e. The molecule has 0 aliphatic carbocycles. The van der Waals surface area contributed by atoms with Gasteiger partial charge in [-0.25, -0.2) is 18.1 Å². The quantitative estimate of drug-likeness (QED) is 0.572. The average Bonchev–Trinajstić information content (AvgIpc) is 3.51. The van der Waals surface area contributed by atoms with Crippen LogP contribution in [0.25, 0.3) is 0 Å². The van der Waals surface area contributed by atoms with Crippen LogP contribution in [-0.4, -0.2) is 43.8 Å². The molecule has 2 aliphatic heterocycles. The Morgan fingerprint density at radius 3 is 2.67 bits per heavy atom. The molecule has 1 amide bonds. The fourth-order valence-electron chi connectivity index (χ4n) is 4.70. The molecule has 0 saturated carbocycles. The number of sulfonamides is 1. The molecule has 10 heteroatoms. The first kappa shape index (κ1) is 22.3. The number of carbonyl (C=O) groups excluding carboxylic acids is 1. The smallest absolute Gasteiger partial charge is 0.240 e. The first-order valence-electron chi connectivity index (χ1n) is 10.6. The van der Waals surface area contributed by atoms with E-state index in [0.29, 0.717) is 24.0 Å². The van der Waals surface area contributed by atoms with Crippen LogP contribution in [0.1, 0.15) is 24.5 Å². The number of aromatic nitrogens is 1. The predicted octanol–water partition coefficient (Wildman–Crippen LogP) is 3.92. The number of likely N-dealkylation sites (tertiary alicyclic amines) is 1. The van der Waals surface area contributed by atoms with E-state index in [2.05, 4.69) is 14.6 Å². The molecule has 7 nitrogen and oxygen atoms in total. The third kappa shape index (κ3) is 4.14. The van der Waals surface area contributed by atoms with E-state index in [1.165, 1.54) is 11.3 Å². The van der Waals surface area contributed by atoms with Gasteiger partial charge in [0.15, 0.2) is 5.13 Å². The third-order valence-electron chi connectivity index (χ3n) is 6.41. The van der Waals surface area contributed by atoms with Crippen LogP contribution in [-0.2, 0) is 26.8 Å². The van der Waals surface area contributed by atoms with E-state index in [-0.39, 0.29) is 22.8 Å². The van der Waals surface area contributed by atoms with Gasteiger partial charge in [0.2, 0.25) is 15.9 Å². The molecule has 2 aromatic carbocycles. The number of carbonyl (C=O) groups is 1. The summed E-state index contributed by atoms with van der Waals surface area (Å²) in [5.74, 6) is 0.0254. The number of thiazole rings is 1. The fraction of sp³-hybridized carbons (Fsp3) is 0.304. The second-order valence-electron chi connectivity index (χ2n) is 8.49. The zero-order chi connectivity index (χ0) is 23.2. The number of hydrogen-bond acceptors (Lipinski definition) is 6. The topological polar surface area (TPSA) is 82.6 Å². The van der Waals surface area contributed by atoms with Crippen molar-refractivity contribution in [3.05, 3.63) is 70.2 Å². The lowest BCUT2D eigenvalue weighted by atomic mass is 9.81. The van der Waals surface area contributed by atoms with Crippen molar-refractivity contribution in [3.8, 4) is 0 Å². The van der Waals surface area contributed by atoms with Crippen LogP contribution in [0.4, 0.5) is 10.8 Å². The van der Waals surface area contributed by atoms with Gasteiger partial charge < -0.3 is 9.80 Å². The van der Waals surface area contributed by atoms with E-state index in [0.717, 1.165) is 28.4 Å². The molecule has 33 heavy (non-hydrogen) atoms. The molecule has 1 aromatic heterocycles. The van der Waals surface area contributed by atoms with Gasteiger partial charge in [-0.3, -0.25) is 4.79 Å². The molecule has 5 rings (SSSR count). The highest BCUT2D eigenvalue weighted by molar-refractivity contribution is 7.89. The highest BCUT2D eigenvalue weighted by atomic mass is 35.5. The summed E-state index contributed by atoms with van der Waals surface area (Å²) in [6.45, 7) is 3.60. The zero-order valence-corrected chi connectivity index (χ0v) is 20.4. The van der Waals surface area contributed by atoms with Crippen molar-refractivity contribution in [2.45, 2.75) is 30.2 Å². The molecule has 0 radical (unpaired) electrons. The number of nitrogens with one attached hydrogen (secondary N) is 1. The molecule has 1 spiro atoms. The lowest BCUT2D eigenvalue weighted by molar-refractivity contribution is -0.127. The molecule has 0 bridgehead atoms. The van der Waals surface area contributed by atoms with Crippen molar-refractivity contribution in [3.63, 3.8) is 0 Å². The van der Waals surface area contributed by atoms with Crippen LogP contribution in [0.3, 0.4) is 0 Å². The first-order valence-corrected chi connectivity index (χ1v) is 13.3. The Morgan fingerprint density at radius 1 is 1.21 bits per heavy atom. The summed E-state index contributed by atoms with van der Waals surface area (Å²) < 4.78 is 29.5. The van der Waals surface area contributed by atoms with Gasteiger partial charge >= 0.3 is 0 Å². The molecule has 3 aromatic rings. The number of fused-ring (bicyclic) bond motifs is 2. The van der Waals surface area contributed by atoms with E-state index in [9.17, 15) is 13.2 Å². The maximum Gasteiger partial charge on any atom is 0.240 e. The van der Waals surface area contributed by atoms with Gasteiger partial charge in [0.05, 0.1) is 11.1 Å².